The minimum atomic E-state index is -4.31. The highest BCUT2D eigenvalue weighted by atomic mass is 79.9. The smallest absolute Gasteiger partial charge is 0.264 e. The fourth-order valence-electron chi connectivity index (χ4n) is 4.34. The van der Waals surface area contributed by atoms with Gasteiger partial charge in [-0.1, -0.05) is 35.0 Å². The largest absolute Gasteiger partial charge is 0.494 e. The lowest BCUT2D eigenvalue weighted by Crippen LogP contribution is -2.52. The number of sulfonamides is 1. The van der Waals surface area contributed by atoms with Gasteiger partial charge >= 0.3 is 0 Å². The van der Waals surface area contributed by atoms with Gasteiger partial charge in [-0.25, -0.2) is 8.42 Å². The number of anilines is 1. The standard InChI is InChI=1S/C32H40BrN3O7S/c1-7-22(3)34-32(38)23(4)35(20-24-9-11-25(33)12-10-24)31(37)21-36(26-13-15-27(16-14-26)43-8-2)44(39,40)28-17-18-29(41-5)30(19-28)42-6/h9-19,22-23H,7-8,20-21H2,1-6H3,(H,34,38)/t22-,23+/m0/s1. The average Bonchev–Trinajstić information content (AvgIpc) is 3.02. The first-order chi connectivity index (χ1) is 20.9. The van der Waals surface area contributed by atoms with Gasteiger partial charge in [-0.3, -0.25) is 13.9 Å². The van der Waals surface area contributed by atoms with E-state index in [0.717, 1.165) is 14.3 Å². The summed E-state index contributed by atoms with van der Waals surface area (Å²) in [7, 11) is -1.45. The quantitative estimate of drug-likeness (QED) is 0.228. The number of carbonyl (C=O) groups is 2. The summed E-state index contributed by atoms with van der Waals surface area (Å²) in [6.07, 6.45) is 0.716. The first-order valence-corrected chi connectivity index (χ1v) is 16.5. The Labute approximate surface area is 268 Å². The average molecular weight is 691 g/mol. The fraction of sp³-hybridized carbons (Fsp3) is 0.375. The number of rotatable bonds is 15. The van der Waals surface area contributed by atoms with E-state index in [0.29, 0.717) is 24.5 Å². The second kappa shape index (κ2) is 15.8. The molecular weight excluding hydrogens is 650 g/mol. The number of nitrogens with one attached hydrogen (secondary N) is 1. The lowest BCUT2D eigenvalue weighted by molar-refractivity contribution is -0.139. The number of hydrogen-bond donors (Lipinski definition) is 1. The lowest BCUT2D eigenvalue weighted by Gasteiger charge is -2.32. The van der Waals surface area contributed by atoms with Crippen molar-refractivity contribution in [3.05, 3.63) is 76.8 Å². The van der Waals surface area contributed by atoms with E-state index >= 15 is 0 Å². The van der Waals surface area contributed by atoms with Crippen molar-refractivity contribution in [1.82, 2.24) is 10.2 Å². The van der Waals surface area contributed by atoms with E-state index in [1.807, 2.05) is 45.0 Å². The molecule has 238 valence electrons. The van der Waals surface area contributed by atoms with Crippen LogP contribution in [-0.2, 0) is 26.2 Å². The molecule has 0 spiro atoms. The predicted octanol–water partition coefficient (Wildman–Crippen LogP) is 5.39. The van der Waals surface area contributed by atoms with Crippen LogP contribution in [0, 0.1) is 0 Å². The molecule has 44 heavy (non-hydrogen) atoms. The number of carbonyl (C=O) groups excluding carboxylic acids is 2. The molecule has 2 amide bonds. The highest BCUT2D eigenvalue weighted by Gasteiger charge is 2.33. The third-order valence-electron chi connectivity index (χ3n) is 7.09. The zero-order valence-electron chi connectivity index (χ0n) is 25.9. The minimum Gasteiger partial charge on any atom is -0.494 e. The lowest BCUT2D eigenvalue weighted by atomic mass is 10.1. The maximum Gasteiger partial charge on any atom is 0.264 e. The number of hydrogen-bond acceptors (Lipinski definition) is 7. The van der Waals surface area contributed by atoms with E-state index in [1.54, 1.807) is 31.2 Å². The Kier molecular flexibility index (Phi) is 12.5. The Morgan fingerprint density at radius 3 is 2.11 bits per heavy atom. The molecular formula is C32H40BrN3O7S. The van der Waals surface area contributed by atoms with Crippen molar-refractivity contribution in [2.45, 2.75) is 57.6 Å². The monoisotopic (exact) mass is 689 g/mol. The molecule has 1 N–H and O–H groups in total. The molecule has 0 saturated heterocycles. The number of methoxy groups -OCH3 is 2. The Morgan fingerprint density at radius 1 is 0.909 bits per heavy atom. The van der Waals surface area contributed by atoms with Gasteiger partial charge in [-0.05, 0) is 81.3 Å². The minimum absolute atomic E-state index is 0.0920. The zero-order chi connectivity index (χ0) is 32.4. The van der Waals surface area contributed by atoms with Crippen LogP contribution in [0.15, 0.2) is 76.1 Å². The van der Waals surface area contributed by atoms with Gasteiger partial charge in [0.05, 0.1) is 31.4 Å². The molecule has 3 aromatic carbocycles. The van der Waals surface area contributed by atoms with E-state index < -0.39 is 28.5 Å². The Morgan fingerprint density at radius 2 is 1.55 bits per heavy atom. The van der Waals surface area contributed by atoms with E-state index in [2.05, 4.69) is 21.2 Å². The van der Waals surface area contributed by atoms with Gasteiger partial charge in [0.25, 0.3) is 10.0 Å². The summed E-state index contributed by atoms with van der Waals surface area (Å²) in [5.41, 5.74) is 1.02. The van der Waals surface area contributed by atoms with Crippen LogP contribution in [0.2, 0.25) is 0 Å². The van der Waals surface area contributed by atoms with Crippen LogP contribution in [0.5, 0.6) is 17.2 Å². The molecule has 0 radical (unpaired) electrons. The van der Waals surface area contributed by atoms with Crippen LogP contribution >= 0.6 is 15.9 Å². The number of benzene rings is 3. The first-order valence-electron chi connectivity index (χ1n) is 14.3. The Balaban J connectivity index is 2.07. The van der Waals surface area contributed by atoms with Crippen molar-refractivity contribution in [3.63, 3.8) is 0 Å². The second-order valence-electron chi connectivity index (χ2n) is 10.1. The van der Waals surface area contributed by atoms with Crippen LogP contribution in [0.4, 0.5) is 5.69 Å². The van der Waals surface area contributed by atoms with E-state index in [1.165, 1.54) is 37.3 Å². The van der Waals surface area contributed by atoms with Crippen LogP contribution in [0.25, 0.3) is 0 Å². The molecule has 0 bridgehead atoms. The van der Waals surface area contributed by atoms with Crippen molar-refractivity contribution in [2.24, 2.45) is 0 Å². The van der Waals surface area contributed by atoms with Crippen LogP contribution in [0.3, 0.4) is 0 Å². The Bertz CT molecular complexity index is 1520. The highest BCUT2D eigenvalue weighted by Crippen LogP contribution is 2.33. The normalized spacial score (nSPS) is 12.5. The molecule has 0 aliphatic rings. The molecule has 0 unspecified atom stereocenters. The molecule has 0 aliphatic carbocycles. The highest BCUT2D eigenvalue weighted by molar-refractivity contribution is 9.10. The maximum absolute atomic E-state index is 14.2. The fourth-order valence-corrected chi connectivity index (χ4v) is 6.04. The van der Waals surface area contributed by atoms with Gasteiger partial charge in [-0.15, -0.1) is 0 Å². The number of halogens is 1. The molecule has 0 aliphatic heterocycles. The van der Waals surface area contributed by atoms with Crippen molar-refractivity contribution in [1.29, 1.82) is 0 Å². The van der Waals surface area contributed by atoms with Gasteiger partial charge < -0.3 is 24.4 Å². The van der Waals surface area contributed by atoms with Crippen LogP contribution < -0.4 is 23.8 Å². The third-order valence-corrected chi connectivity index (χ3v) is 9.39. The van der Waals surface area contributed by atoms with Crippen molar-refractivity contribution in [2.75, 3.05) is 31.7 Å². The summed E-state index contributed by atoms with van der Waals surface area (Å²) >= 11 is 3.42. The van der Waals surface area contributed by atoms with E-state index in [-0.39, 0.29) is 34.8 Å². The molecule has 12 heteroatoms. The topological polar surface area (TPSA) is 114 Å². The molecule has 0 heterocycles. The molecule has 10 nitrogen and oxygen atoms in total. The molecule has 2 atom stereocenters. The van der Waals surface area contributed by atoms with Crippen molar-refractivity contribution < 1.29 is 32.2 Å². The SMILES string of the molecule is CCOc1ccc(N(CC(=O)N(Cc2ccc(Br)cc2)[C@H](C)C(=O)N[C@@H](C)CC)S(=O)(=O)c2ccc(OC)c(OC)c2)cc1. The number of amides is 2. The summed E-state index contributed by atoms with van der Waals surface area (Å²) in [6, 6.07) is 17.1. The molecule has 3 rings (SSSR count). The first kappa shape index (κ1) is 34.7. The van der Waals surface area contributed by atoms with Crippen molar-refractivity contribution >= 4 is 43.5 Å². The third kappa shape index (κ3) is 8.66. The van der Waals surface area contributed by atoms with Gasteiger partial charge in [0.15, 0.2) is 11.5 Å². The maximum atomic E-state index is 14.2. The van der Waals surface area contributed by atoms with Gasteiger partial charge in [-0.2, -0.15) is 0 Å². The molecule has 3 aromatic rings. The summed E-state index contributed by atoms with van der Waals surface area (Å²) in [6.45, 7) is 7.28. The van der Waals surface area contributed by atoms with Gasteiger partial charge in [0.2, 0.25) is 11.8 Å². The van der Waals surface area contributed by atoms with E-state index in [9.17, 15) is 18.0 Å². The molecule has 0 saturated carbocycles. The van der Waals surface area contributed by atoms with Gasteiger partial charge in [0.1, 0.15) is 18.3 Å². The Hall–Kier alpha value is -3.77. The number of nitrogens with zero attached hydrogens (tertiary/aromatic N) is 2. The number of ether oxygens (including phenoxy) is 3. The summed E-state index contributed by atoms with van der Waals surface area (Å²) < 4.78 is 46.4. The van der Waals surface area contributed by atoms with E-state index in [4.69, 9.17) is 14.2 Å². The molecule has 0 aromatic heterocycles. The summed E-state index contributed by atoms with van der Waals surface area (Å²) in [5.74, 6) is 0.242. The van der Waals surface area contributed by atoms with Gasteiger partial charge in [0, 0.05) is 23.1 Å². The predicted molar refractivity (Wildman–Crippen MR) is 174 cm³/mol. The van der Waals surface area contributed by atoms with Crippen LogP contribution in [0.1, 0.15) is 39.7 Å². The summed E-state index contributed by atoms with van der Waals surface area (Å²) in [4.78, 5) is 28.7. The zero-order valence-corrected chi connectivity index (χ0v) is 28.3. The second-order valence-corrected chi connectivity index (χ2v) is 12.9. The van der Waals surface area contributed by atoms with Crippen LogP contribution in [-0.4, -0.2) is 64.6 Å². The van der Waals surface area contributed by atoms with Crippen molar-refractivity contribution in [3.8, 4) is 17.2 Å². The summed E-state index contributed by atoms with van der Waals surface area (Å²) in [5, 5.41) is 2.93. The molecule has 0 fully saturated rings.